The number of fused-ring (bicyclic) bond motifs is 2. The fourth-order valence-corrected chi connectivity index (χ4v) is 4.92. The van der Waals surface area contributed by atoms with Crippen molar-refractivity contribution in [3.05, 3.63) is 119 Å². The monoisotopic (exact) mass is 609 g/mol. The van der Waals surface area contributed by atoms with Gasteiger partial charge in [0, 0.05) is 35.6 Å². The Morgan fingerprint density at radius 2 is 1.82 bits per heavy atom. The summed E-state index contributed by atoms with van der Waals surface area (Å²) in [5, 5.41) is 21.4. The van der Waals surface area contributed by atoms with Gasteiger partial charge in [-0.25, -0.2) is 23.3 Å². The molecule has 0 saturated heterocycles. The Hall–Kier alpha value is -5.82. The number of amides is 2. The summed E-state index contributed by atoms with van der Waals surface area (Å²) >= 11 is 0. The lowest BCUT2D eigenvalue weighted by Crippen LogP contribution is -2.42. The van der Waals surface area contributed by atoms with Crippen LogP contribution in [-0.4, -0.2) is 55.4 Å². The zero-order valence-corrected chi connectivity index (χ0v) is 23.7. The Balaban J connectivity index is 1.38. The fourth-order valence-electron chi connectivity index (χ4n) is 4.92. The first kappa shape index (κ1) is 29.3. The average molecular weight is 610 g/mol. The summed E-state index contributed by atoms with van der Waals surface area (Å²) in [7, 11) is 0. The molecular formula is C32H25F2N7O4. The molecule has 3 heterocycles. The standard InChI is InChI=1S/C32H25F2N7O4/c1-17(32(44)45)36-16-18-11-12-20(23(34)15-18)27-24(29-35-13-6-14-41(29)40-27)30(42)39-28-31(43)38-26-21(9-5-10-22(26)33)25(37-28)19-7-3-2-4-8-19/h2-15,17,28,36H,16H2,1H3,(H,38,43)(H,39,42)(H,44,45)/t17-,28+/m0/s1. The molecule has 3 aromatic carbocycles. The zero-order chi connectivity index (χ0) is 31.7. The van der Waals surface area contributed by atoms with Crippen molar-refractivity contribution >= 4 is 34.8 Å². The van der Waals surface area contributed by atoms with Crippen LogP contribution >= 0.6 is 0 Å². The molecule has 0 saturated carbocycles. The Labute approximate surface area is 254 Å². The fraction of sp³-hybridized carbons (Fsp3) is 0.125. The van der Waals surface area contributed by atoms with Crippen molar-refractivity contribution < 1.29 is 28.3 Å². The Bertz CT molecular complexity index is 1990. The molecule has 2 atom stereocenters. The summed E-state index contributed by atoms with van der Waals surface area (Å²) in [6, 6.07) is 18.1. The third-order valence-corrected chi connectivity index (χ3v) is 7.23. The van der Waals surface area contributed by atoms with Crippen molar-refractivity contribution in [2.24, 2.45) is 4.99 Å². The maximum absolute atomic E-state index is 15.5. The number of rotatable bonds is 8. The lowest BCUT2D eigenvalue weighted by Gasteiger charge is -2.14. The first-order chi connectivity index (χ1) is 21.7. The molecule has 1 aliphatic rings. The van der Waals surface area contributed by atoms with Crippen molar-refractivity contribution in [1.29, 1.82) is 0 Å². The Morgan fingerprint density at radius 1 is 1.02 bits per heavy atom. The van der Waals surface area contributed by atoms with Gasteiger partial charge in [-0.2, -0.15) is 5.10 Å². The highest BCUT2D eigenvalue weighted by molar-refractivity contribution is 6.20. The lowest BCUT2D eigenvalue weighted by atomic mass is 10.0. The highest BCUT2D eigenvalue weighted by atomic mass is 19.1. The highest BCUT2D eigenvalue weighted by Crippen LogP contribution is 2.30. The summed E-state index contributed by atoms with van der Waals surface area (Å²) in [6.45, 7) is 1.56. The van der Waals surface area contributed by atoms with E-state index in [1.165, 1.54) is 48.1 Å². The smallest absolute Gasteiger partial charge is 0.320 e. The molecule has 2 amide bonds. The molecule has 4 N–H and O–H groups in total. The highest BCUT2D eigenvalue weighted by Gasteiger charge is 2.32. The number of carbonyl (C=O) groups is 3. The Morgan fingerprint density at radius 3 is 2.58 bits per heavy atom. The largest absolute Gasteiger partial charge is 0.480 e. The number of hydrogen-bond acceptors (Lipinski definition) is 7. The molecule has 226 valence electrons. The first-order valence-electron chi connectivity index (χ1n) is 13.8. The minimum Gasteiger partial charge on any atom is -0.480 e. The van der Waals surface area contributed by atoms with Gasteiger partial charge in [0.25, 0.3) is 11.8 Å². The summed E-state index contributed by atoms with van der Waals surface area (Å²) in [5.74, 6) is -4.03. The van der Waals surface area contributed by atoms with Crippen molar-refractivity contribution in [3.8, 4) is 11.3 Å². The number of carbonyl (C=O) groups excluding carboxylic acids is 2. The first-order valence-corrected chi connectivity index (χ1v) is 13.8. The summed E-state index contributed by atoms with van der Waals surface area (Å²) < 4.78 is 31.7. The van der Waals surface area contributed by atoms with Gasteiger partial charge in [-0.1, -0.05) is 48.5 Å². The molecule has 0 spiro atoms. The SMILES string of the molecule is C[C@H](NCc1ccc(-c2nn3cccnc3c2C(=O)N[C@H]2N=C(c3ccccc3)c3cccc(F)c3NC2=O)c(F)c1)C(=O)O. The van der Waals surface area contributed by atoms with Crippen molar-refractivity contribution in [2.75, 3.05) is 5.32 Å². The number of carboxylic acids is 1. The normalized spacial score (nSPS) is 15.0. The number of halogens is 2. The third kappa shape index (κ3) is 5.76. The number of benzene rings is 3. The Kier molecular flexibility index (Phi) is 7.84. The number of carboxylic acid groups (broad SMARTS) is 1. The summed E-state index contributed by atoms with van der Waals surface area (Å²) in [4.78, 5) is 47.2. The van der Waals surface area contributed by atoms with Crippen LogP contribution in [0.3, 0.4) is 0 Å². The molecular weight excluding hydrogens is 584 g/mol. The van der Waals surface area contributed by atoms with Gasteiger partial charge in [-0.15, -0.1) is 0 Å². The van der Waals surface area contributed by atoms with Crippen LogP contribution < -0.4 is 16.0 Å². The molecule has 0 radical (unpaired) electrons. The van der Waals surface area contributed by atoms with Gasteiger partial charge in [0.15, 0.2) is 5.65 Å². The van der Waals surface area contributed by atoms with E-state index in [4.69, 9.17) is 5.11 Å². The molecule has 0 aliphatic carbocycles. The van der Waals surface area contributed by atoms with E-state index in [1.54, 1.807) is 48.5 Å². The van der Waals surface area contributed by atoms with Crippen molar-refractivity contribution in [2.45, 2.75) is 25.7 Å². The van der Waals surface area contributed by atoms with Gasteiger partial charge in [-0.3, -0.25) is 14.4 Å². The predicted molar refractivity (Wildman–Crippen MR) is 161 cm³/mol. The van der Waals surface area contributed by atoms with Gasteiger partial charge in [-0.05, 0) is 36.8 Å². The van der Waals surface area contributed by atoms with Gasteiger partial charge >= 0.3 is 5.97 Å². The van der Waals surface area contributed by atoms with Crippen LogP contribution in [0, 0.1) is 11.6 Å². The molecule has 0 bridgehead atoms. The van der Waals surface area contributed by atoms with Gasteiger partial charge in [0.05, 0.1) is 11.4 Å². The van der Waals surface area contributed by atoms with E-state index >= 15 is 4.39 Å². The molecule has 0 fully saturated rings. The van der Waals surface area contributed by atoms with E-state index in [2.05, 4.69) is 31.0 Å². The molecule has 1 aliphatic heterocycles. The van der Waals surface area contributed by atoms with Gasteiger partial charge < -0.3 is 21.1 Å². The van der Waals surface area contributed by atoms with Crippen molar-refractivity contribution in [3.63, 3.8) is 0 Å². The summed E-state index contributed by atoms with van der Waals surface area (Å²) in [6.07, 6.45) is 1.48. The number of aliphatic carboxylic acids is 1. The van der Waals surface area contributed by atoms with Crippen LogP contribution in [0.4, 0.5) is 14.5 Å². The van der Waals surface area contributed by atoms with E-state index in [9.17, 15) is 18.8 Å². The number of aromatic nitrogens is 3. The minimum absolute atomic E-state index is 0.0195. The number of nitrogens with one attached hydrogen (secondary N) is 3. The minimum atomic E-state index is -1.50. The lowest BCUT2D eigenvalue weighted by molar-refractivity contribution is -0.139. The number of aliphatic imine (C=N–C) groups is 1. The summed E-state index contributed by atoms with van der Waals surface area (Å²) in [5.41, 5.74) is 1.52. The van der Waals surface area contributed by atoms with Crippen LogP contribution in [0.2, 0.25) is 0 Å². The quantitative estimate of drug-likeness (QED) is 0.209. The topological polar surface area (TPSA) is 150 Å². The number of hydrogen-bond donors (Lipinski definition) is 4. The second-order valence-electron chi connectivity index (χ2n) is 10.2. The van der Waals surface area contributed by atoms with E-state index in [0.717, 1.165) is 0 Å². The van der Waals surface area contributed by atoms with Crippen molar-refractivity contribution in [1.82, 2.24) is 25.2 Å². The molecule has 2 aromatic heterocycles. The van der Waals surface area contributed by atoms with Crippen LogP contribution in [0.15, 0.2) is 90.2 Å². The van der Waals surface area contributed by atoms with Gasteiger partial charge in [0.1, 0.15) is 28.9 Å². The van der Waals surface area contributed by atoms with Crippen LogP contribution in [0.25, 0.3) is 16.9 Å². The van der Waals surface area contributed by atoms with Crippen LogP contribution in [0.1, 0.15) is 34.0 Å². The predicted octanol–water partition coefficient (Wildman–Crippen LogP) is 3.78. The molecule has 45 heavy (non-hydrogen) atoms. The van der Waals surface area contributed by atoms with E-state index in [0.29, 0.717) is 16.7 Å². The number of benzodiazepines with no additional fused rings is 1. The molecule has 0 unspecified atom stereocenters. The maximum Gasteiger partial charge on any atom is 0.320 e. The van der Waals surface area contributed by atoms with Crippen LogP contribution in [-0.2, 0) is 16.1 Å². The van der Waals surface area contributed by atoms with E-state index in [1.807, 2.05) is 0 Å². The van der Waals surface area contributed by atoms with E-state index < -0.39 is 41.6 Å². The zero-order valence-electron chi connectivity index (χ0n) is 23.7. The second-order valence-corrected chi connectivity index (χ2v) is 10.2. The molecule has 13 heteroatoms. The maximum atomic E-state index is 15.5. The molecule has 11 nitrogen and oxygen atoms in total. The van der Waals surface area contributed by atoms with Crippen LogP contribution in [0.5, 0.6) is 0 Å². The van der Waals surface area contributed by atoms with Gasteiger partial charge in [0.2, 0.25) is 6.17 Å². The second kappa shape index (κ2) is 12.1. The molecule has 6 rings (SSSR count). The average Bonchev–Trinajstić information content (AvgIpc) is 3.35. The molecule has 5 aromatic rings. The number of anilines is 1. The third-order valence-electron chi connectivity index (χ3n) is 7.23. The van der Waals surface area contributed by atoms with E-state index in [-0.39, 0.29) is 40.4 Å². The number of para-hydroxylation sites is 1. The number of nitrogens with zero attached hydrogens (tertiary/aromatic N) is 4.